The molecular weight excluding hydrogens is 493 g/mol. The minimum atomic E-state index is -3.62. The van der Waals surface area contributed by atoms with Crippen molar-refractivity contribution in [3.8, 4) is 0 Å². The Morgan fingerprint density at radius 3 is 2.46 bits per heavy atom. The highest BCUT2D eigenvalue weighted by molar-refractivity contribution is 7.89. The maximum absolute atomic E-state index is 13.5. The molecule has 2 aliphatic heterocycles. The Balaban J connectivity index is 1.26. The fourth-order valence-electron chi connectivity index (χ4n) is 4.56. The number of aromatic nitrogens is 2. The van der Waals surface area contributed by atoms with E-state index in [1.165, 1.54) is 18.9 Å². The number of hydrogen-bond donors (Lipinski definition) is 3. The SMILES string of the molecule is Cc1cc(Nc2ccnc(Nc3ccc(S(=O)(=O)N(CCN4CCCC4)C4CNC4)cc3)n2)ccc1F. The average molecular weight is 526 g/mol. The summed E-state index contributed by atoms with van der Waals surface area (Å²) in [5.41, 5.74) is 1.92. The molecule has 3 aromatic rings. The minimum Gasteiger partial charge on any atom is -0.340 e. The lowest BCUT2D eigenvalue weighted by molar-refractivity contribution is 0.213. The molecule has 2 aliphatic rings. The van der Waals surface area contributed by atoms with Gasteiger partial charge in [-0.3, -0.25) is 0 Å². The van der Waals surface area contributed by atoms with Crippen molar-refractivity contribution in [2.24, 2.45) is 0 Å². The fourth-order valence-corrected chi connectivity index (χ4v) is 6.17. The fraction of sp³-hybridized carbons (Fsp3) is 0.385. The summed E-state index contributed by atoms with van der Waals surface area (Å²) >= 11 is 0. The first-order chi connectivity index (χ1) is 17.9. The Morgan fingerprint density at radius 2 is 1.78 bits per heavy atom. The van der Waals surface area contributed by atoms with Crippen LogP contribution in [0.15, 0.2) is 59.6 Å². The van der Waals surface area contributed by atoms with E-state index >= 15 is 0 Å². The van der Waals surface area contributed by atoms with Crippen LogP contribution in [0.4, 0.5) is 27.5 Å². The molecule has 0 spiro atoms. The van der Waals surface area contributed by atoms with Crippen molar-refractivity contribution in [3.63, 3.8) is 0 Å². The maximum atomic E-state index is 13.5. The zero-order valence-corrected chi connectivity index (χ0v) is 21.6. The summed E-state index contributed by atoms with van der Waals surface area (Å²) < 4.78 is 42.2. The van der Waals surface area contributed by atoms with E-state index in [9.17, 15) is 12.8 Å². The van der Waals surface area contributed by atoms with Crippen molar-refractivity contribution in [1.29, 1.82) is 0 Å². The number of nitrogens with zero attached hydrogens (tertiary/aromatic N) is 4. The van der Waals surface area contributed by atoms with Gasteiger partial charge >= 0.3 is 0 Å². The summed E-state index contributed by atoms with van der Waals surface area (Å²) in [5.74, 6) is 0.637. The standard InChI is InChI=1S/C26H32FN7O2S/c1-19-16-21(6-9-24(19)27)30-25-10-11-29-26(32-25)31-20-4-7-23(8-5-20)37(35,36)34(22-17-28-18-22)15-14-33-12-2-3-13-33/h4-11,16,22,28H,2-3,12-15,17-18H2,1H3,(H2,29,30,31,32). The predicted molar refractivity (Wildman–Crippen MR) is 142 cm³/mol. The second-order valence-corrected chi connectivity index (χ2v) is 11.4. The summed E-state index contributed by atoms with van der Waals surface area (Å²) in [7, 11) is -3.62. The number of likely N-dealkylation sites (tertiary alicyclic amines) is 1. The van der Waals surface area contributed by atoms with Crippen molar-refractivity contribution in [2.45, 2.75) is 30.7 Å². The summed E-state index contributed by atoms with van der Waals surface area (Å²) in [6.45, 7) is 6.40. The number of benzene rings is 2. The van der Waals surface area contributed by atoms with E-state index in [0.29, 0.717) is 48.3 Å². The highest BCUT2D eigenvalue weighted by Crippen LogP contribution is 2.24. The number of aryl methyl sites for hydroxylation is 1. The second kappa shape index (κ2) is 11.1. The lowest BCUT2D eigenvalue weighted by Gasteiger charge is -2.38. The largest absolute Gasteiger partial charge is 0.340 e. The van der Waals surface area contributed by atoms with Crippen LogP contribution >= 0.6 is 0 Å². The first-order valence-corrected chi connectivity index (χ1v) is 14.0. The van der Waals surface area contributed by atoms with E-state index in [2.05, 4.69) is 30.8 Å². The molecule has 11 heteroatoms. The molecule has 5 rings (SSSR count). The van der Waals surface area contributed by atoms with Gasteiger partial charge in [0.15, 0.2) is 0 Å². The maximum Gasteiger partial charge on any atom is 0.243 e. The molecule has 3 N–H and O–H groups in total. The van der Waals surface area contributed by atoms with Gasteiger partial charge in [0.1, 0.15) is 11.6 Å². The molecule has 0 atom stereocenters. The van der Waals surface area contributed by atoms with Crippen LogP contribution in [0, 0.1) is 12.7 Å². The monoisotopic (exact) mass is 525 g/mol. The smallest absolute Gasteiger partial charge is 0.243 e. The molecule has 0 aliphatic carbocycles. The van der Waals surface area contributed by atoms with Crippen LogP contribution in [-0.4, -0.2) is 72.9 Å². The molecule has 9 nitrogen and oxygen atoms in total. The van der Waals surface area contributed by atoms with Gasteiger partial charge in [0.2, 0.25) is 16.0 Å². The topological polar surface area (TPSA) is 102 Å². The molecule has 0 bridgehead atoms. The first-order valence-electron chi connectivity index (χ1n) is 12.6. The Morgan fingerprint density at radius 1 is 1.05 bits per heavy atom. The number of rotatable bonds is 10. The Bertz CT molecular complexity index is 1330. The van der Waals surface area contributed by atoms with Gasteiger partial charge in [-0.15, -0.1) is 0 Å². The minimum absolute atomic E-state index is 0.0149. The van der Waals surface area contributed by atoms with Gasteiger partial charge < -0.3 is 20.9 Å². The molecule has 3 heterocycles. The Kier molecular flexibility index (Phi) is 7.65. The van der Waals surface area contributed by atoms with Gasteiger partial charge in [-0.05, 0) is 86.9 Å². The van der Waals surface area contributed by atoms with Crippen molar-refractivity contribution >= 4 is 33.2 Å². The molecule has 0 saturated carbocycles. The number of anilines is 4. The lowest BCUT2D eigenvalue weighted by Crippen LogP contribution is -2.59. The highest BCUT2D eigenvalue weighted by atomic mass is 32.2. The molecule has 2 aromatic carbocycles. The van der Waals surface area contributed by atoms with Crippen LogP contribution < -0.4 is 16.0 Å². The van der Waals surface area contributed by atoms with E-state index in [1.807, 2.05) is 0 Å². The quantitative estimate of drug-likeness (QED) is 0.370. The molecule has 2 saturated heterocycles. The molecule has 0 amide bonds. The summed E-state index contributed by atoms with van der Waals surface area (Å²) in [4.78, 5) is 11.3. The van der Waals surface area contributed by atoms with Gasteiger partial charge in [0.25, 0.3) is 0 Å². The molecule has 37 heavy (non-hydrogen) atoms. The van der Waals surface area contributed by atoms with Gasteiger partial charge in [0, 0.05) is 43.8 Å². The molecule has 1 aromatic heterocycles. The van der Waals surface area contributed by atoms with Crippen LogP contribution in [0.5, 0.6) is 0 Å². The van der Waals surface area contributed by atoms with E-state index in [-0.39, 0.29) is 16.8 Å². The van der Waals surface area contributed by atoms with Crippen LogP contribution in [0.2, 0.25) is 0 Å². The Labute approximate surface area is 217 Å². The third-order valence-corrected chi connectivity index (χ3v) is 8.77. The van der Waals surface area contributed by atoms with Gasteiger partial charge in [-0.25, -0.2) is 17.8 Å². The summed E-state index contributed by atoms with van der Waals surface area (Å²) in [6, 6.07) is 13.1. The third kappa shape index (κ3) is 6.07. The van der Waals surface area contributed by atoms with E-state index in [0.717, 1.165) is 19.6 Å². The van der Waals surface area contributed by atoms with E-state index in [1.54, 1.807) is 59.9 Å². The number of sulfonamides is 1. The number of halogens is 1. The second-order valence-electron chi connectivity index (χ2n) is 9.48. The highest BCUT2D eigenvalue weighted by Gasteiger charge is 2.35. The van der Waals surface area contributed by atoms with E-state index < -0.39 is 10.0 Å². The summed E-state index contributed by atoms with van der Waals surface area (Å²) in [5, 5.41) is 9.45. The van der Waals surface area contributed by atoms with Gasteiger partial charge in [0.05, 0.1) is 10.9 Å². The van der Waals surface area contributed by atoms with Crippen LogP contribution in [0.1, 0.15) is 18.4 Å². The van der Waals surface area contributed by atoms with Crippen LogP contribution in [0.25, 0.3) is 0 Å². The molecule has 2 fully saturated rings. The number of nitrogens with one attached hydrogen (secondary N) is 3. The average Bonchev–Trinajstić information content (AvgIpc) is 3.37. The molecule has 0 radical (unpaired) electrons. The van der Waals surface area contributed by atoms with Crippen molar-refractivity contribution in [2.75, 3.05) is 49.9 Å². The predicted octanol–water partition coefficient (Wildman–Crippen LogP) is 3.47. The van der Waals surface area contributed by atoms with Crippen LogP contribution in [0.3, 0.4) is 0 Å². The molecular formula is C26H32FN7O2S. The summed E-state index contributed by atoms with van der Waals surface area (Å²) in [6.07, 6.45) is 3.97. The van der Waals surface area contributed by atoms with Gasteiger partial charge in [-0.2, -0.15) is 9.29 Å². The van der Waals surface area contributed by atoms with Crippen molar-refractivity contribution < 1.29 is 12.8 Å². The number of hydrogen-bond acceptors (Lipinski definition) is 8. The first kappa shape index (κ1) is 25.5. The molecule has 196 valence electrons. The van der Waals surface area contributed by atoms with Crippen LogP contribution in [-0.2, 0) is 10.0 Å². The lowest BCUT2D eigenvalue weighted by atomic mass is 10.2. The van der Waals surface area contributed by atoms with Crippen molar-refractivity contribution in [3.05, 3.63) is 66.1 Å². The van der Waals surface area contributed by atoms with Crippen molar-refractivity contribution in [1.82, 2.24) is 24.5 Å². The molecule has 0 unspecified atom stereocenters. The zero-order valence-electron chi connectivity index (χ0n) is 20.8. The zero-order chi connectivity index (χ0) is 25.8. The third-order valence-electron chi connectivity index (χ3n) is 6.81. The normalized spacial score (nSPS) is 16.6. The Hall–Kier alpha value is -3.12. The van der Waals surface area contributed by atoms with Gasteiger partial charge in [-0.1, -0.05) is 0 Å². The van der Waals surface area contributed by atoms with E-state index in [4.69, 9.17) is 0 Å².